The van der Waals surface area contributed by atoms with Crippen molar-refractivity contribution in [3.63, 3.8) is 0 Å². The lowest BCUT2D eigenvalue weighted by molar-refractivity contribution is 0.642. The first-order valence-electron chi connectivity index (χ1n) is 9.69. The minimum atomic E-state index is -0.491. The van der Waals surface area contributed by atoms with Gasteiger partial charge in [-0.25, -0.2) is 14.4 Å². The summed E-state index contributed by atoms with van der Waals surface area (Å²) in [6, 6.07) is 9.01. The Bertz CT molecular complexity index is 1600. The standard InChI is InChI=1S/C22H14FN9/c23-17-13(11-7-12(24)9-25-8-11)10-28-21-16(17)20(31-32-21)22-29-15-4-6-27-18(19(15)30-22)14-3-1-2-5-26-14/h1-10H,24H2,(H,29,30)(H,28,31,32). The van der Waals surface area contributed by atoms with Gasteiger partial charge < -0.3 is 10.7 Å². The summed E-state index contributed by atoms with van der Waals surface area (Å²) in [5.74, 6) is -0.102. The highest BCUT2D eigenvalue weighted by molar-refractivity contribution is 5.96. The van der Waals surface area contributed by atoms with E-state index in [0.29, 0.717) is 45.3 Å². The van der Waals surface area contributed by atoms with Gasteiger partial charge in [-0.3, -0.25) is 20.1 Å². The average molecular weight is 423 g/mol. The van der Waals surface area contributed by atoms with Gasteiger partial charge in [0.25, 0.3) is 0 Å². The Balaban J connectivity index is 1.55. The lowest BCUT2D eigenvalue weighted by Gasteiger charge is -2.05. The van der Waals surface area contributed by atoms with E-state index >= 15 is 4.39 Å². The highest BCUT2D eigenvalue weighted by atomic mass is 19.1. The van der Waals surface area contributed by atoms with Crippen molar-refractivity contribution in [2.24, 2.45) is 0 Å². The Labute approximate surface area is 179 Å². The second kappa shape index (κ2) is 6.91. The molecule has 0 saturated heterocycles. The fraction of sp³-hybridized carbons (Fsp3) is 0. The molecule has 6 heterocycles. The number of rotatable bonds is 3. The summed E-state index contributed by atoms with van der Waals surface area (Å²) >= 11 is 0. The smallest absolute Gasteiger partial charge is 0.159 e. The number of nitrogens with one attached hydrogen (secondary N) is 2. The van der Waals surface area contributed by atoms with E-state index in [1.165, 1.54) is 18.6 Å². The molecule has 0 atom stereocenters. The minimum Gasteiger partial charge on any atom is -0.397 e. The van der Waals surface area contributed by atoms with Crippen LogP contribution in [0.4, 0.5) is 10.1 Å². The van der Waals surface area contributed by atoms with Gasteiger partial charge in [0.2, 0.25) is 0 Å². The van der Waals surface area contributed by atoms with E-state index in [9.17, 15) is 0 Å². The maximum atomic E-state index is 15.6. The molecule has 0 unspecified atom stereocenters. The van der Waals surface area contributed by atoms with Gasteiger partial charge >= 0.3 is 0 Å². The summed E-state index contributed by atoms with van der Waals surface area (Å²) < 4.78 is 15.6. The van der Waals surface area contributed by atoms with Gasteiger partial charge in [0.1, 0.15) is 22.7 Å². The molecule has 0 aliphatic carbocycles. The summed E-state index contributed by atoms with van der Waals surface area (Å²) in [5.41, 5.74) is 10.3. The maximum Gasteiger partial charge on any atom is 0.159 e. The van der Waals surface area contributed by atoms with Crippen LogP contribution in [0.1, 0.15) is 0 Å². The Morgan fingerprint density at radius 3 is 2.72 bits per heavy atom. The van der Waals surface area contributed by atoms with Gasteiger partial charge in [0.15, 0.2) is 11.5 Å². The Hall–Kier alpha value is -4.73. The van der Waals surface area contributed by atoms with Crippen molar-refractivity contribution in [2.75, 3.05) is 5.73 Å². The molecule has 10 heteroatoms. The number of hydrogen-bond acceptors (Lipinski definition) is 7. The van der Waals surface area contributed by atoms with Crippen LogP contribution in [0.2, 0.25) is 0 Å². The molecular weight excluding hydrogens is 409 g/mol. The zero-order valence-corrected chi connectivity index (χ0v) is 16.4. The van der Waals surface area contributed by atoms with Gasteiger partial charge in [0, 0.05) is 42.1 Å². The minimum absolute atomic E-state index is 0.219. The Morgan fingerprint density at radius 1 is 0.938 bits per heavy atom. The molecule has 32 heavy (non-hydrogen) atoms. The summed E-state index contributed by atoms with van der Waals surface area (Å²) in [6.07, 6.45) is 7.83. The monoisotopic (exact) mass is 423 g/mol. The fourth-order valence-corrected chi connectivity index (χ4v) is 3.67. The molecule has 0 fully saturated rings. The van der Waals surface area contributed by atoms with Gasteiger partial charge in [-0.2, -0.15) is 5.10 Å². The largest absolute Gasteiger partial charge is 0.397 e. The molecule has 9 nitrogen and oxygen atoms in total. The molecule has 0 aliphatic heterocycles. The summed E-state index contributed by atoms with van der Waals surface area (Å²) in [7, 11) is 0. The first kappa shape index (κ1) is 18.1. The van der Waals surface area contributed by atoms with E-state index in [1.807, 2.05) is 18.2 Å². The predicted octanol–water partition coefficient (Wildman–Crippen LogP) is 3.74. The predicted molar refractivity (Wildman–Crippen MR) is 118 cm³/mol. The topological polar surface area (TPSA) is 135 Å². The molecule has 4 N–H and O–H groups in total. The number of aromatic nitrogens is 8. The fourth-order valence-electron chi connectivity index (χ4n) is 3.67. The highest BCUT2D eigenvalue weighted by Gasteiger charge is 2.21. The third kappa shape index (κ3) is 2.77. The number of aromatic amines is 2. The number of fused-ring (bicyclic) bond motifs is 2. The van der Waals surface area contributed by atoms with E-state index in [0.717, 1.165) is 5.52 Å². The number of nitrogens with two attached hydrogens (primary N) is 1. The average Bonchev–Trinajstić information content (AvgIpc) is 3.44. The molecule has 0 amide bonds. The first-order valence-corrected chi connectivity index (χ1v) is 9.69. The van der Waals surface area contributed by atoms with E-state index < -0.39 is 5.82 Å². The van der Waals surface area contributed by atoms with Crippen molar-refractivity contribution in [1.29, 1.82) is 0 Å². The van der Waals surface area contributed by atoms with E-state index in [-0.39, 0.29) is 10.9 Å². The van der Waals surface area contributed by atoms with Crippen molar-refractivity contribution < 1.29 is 4.39 Å². The van der Waals surface area contributed by atoms with Crippen LogP contribution in [0.15, 0.2) is 61.3 Å². The molecule has 0 aliphatic rings. The van der Waals surface area contributed by atoms with Crippen LogP contribution in [0.25, 0.3) is 56.1 Å². The number of halogens is 1. The molecule has 0 bridgehead atoms. The molecule has 6 aromatic rings. The van der Waals surface area contributed by atoms with Crippen molar-refractivity contribution in [2.45, 2.75) is 0 Å². The van der Waals surface area contributed by atoms with E-state index in [1.54, 1.807) is 24.5 Å². The van der Waals surface area contributed by atoms with E-state index in [2.05, 4.69) is 40.1 Å². The van der Waals surface area contributed by atoms with Crippen LogP contribution in [-0.4, -0.2) is 40.1 Å². The van der Waals surface area contributed by atoms with Crippen molar-refractivity contribution >= 4 is 27.8 Å². The number of nitrogen functional groups attached to an aromatic ring is 1. The van der Waals surface area contributed by atoms with Crippen molar-refractivity contribution in [3.05, 3.63) is 67.1 Å². The zero-order chi connectivity index (χ0) is 21.7. The number of nitrogens with zero attached hydrogens (tertiary/aromatic N) is 6. The molecule has 0 saturated carbocycles. The van der Waals surface area contributed by atoms with Gasteiger partial charge in [-0.05, 0) is 24.3 Å². The molecule has 0 aromatic carbocycles. The number of pyridine rings is 4. The normalized spacial score (nSPS) is 11.4. The highest BCUT2D eigenvalue weighted by Crippen LogP contribution is 2.33. The van der Waals surface area contributed by atoms with Crippen LogP contribution in [0, 0.1) is 5.82 Å². The zero-order valence-electron chi connectivity index (χ0n) is 16.4. The van der Waals surface area contributed by atoms with E-state index in [4.69, 9.17) is 5.73 Å². The summed E-state index contributed by atoms with van der Waals surface area (Å²) in [4.78, 5) is 25.0. The maximum absolute atomic E-state index is 15.6. The number of anilines is 1. The molecule has 6 aromatic heterocycles. The second-order valence-corrected chi connectivity index (χ2v) is 7.14. The summed E-state index contributed by atoms with van der Waals surface area (Å²) in [6.45, 7) is 0. The lowest BCUT2D eigenvalue weighted by atomic mass is 10.1. The lowest BCUT2D eigenvalue weighted by Crippen LogP contribution is -1.93. The second-order valence-electron chi connectivity index (χ2n) is 7.14. The number of hydrogen-bond donors (Lipinski definition) is 3. The van der Waals surface area contributed by atoms with Crippen LogP contribution in [0.3, 0.4) is 0 Å². The molecule has 0 spiro atoms. The Kier molecular flexibility index (Phi) is 3.90. The van der Waals surface area contributed by atoms with Crippen LogP contribution < -0.4 is 5.73 Å². The third-order valence-electron chi connectivity index (χ3n) is 5.13. The van der Waals surface area contributed by atoms with Crippen molar-refractivity contribution in [3.8, 4) is 34.0 Å². The van der Waals surface area contributed by atoms with Gasteiger partial charge in [0.05, 0.1) is 22.3 Å². The van der Waals surface area contributed by atoms with Crippen LogP contribution >= 0.6 is 0 Å². The van der Waals surface area contributed by atoms with Gasteiger partial charge in [-0.15, -0.1) is 0 Å². The number of H-pyrrole nitrogens is 2. The quantitative estimate of drug-likeness (QED) is 0.394. The van der Waals surface area contributed by atoms with Crippen LogP contribution in [-0.2, 0) is 0 Å². The van der Waals surface area contributed by atoms with Crippen molar-refractivity contribution in [1.82, 2.24) is 40.1 Å². The molecular formula is C22H14FN9. The van der Waals surface area contributed by atoms with Gasteiger partial charge in [-0.1, -0.05) is 6.07 Å². The third-order valence-corrected chi connectivity index (χ3v) is 5.13. The molecule has 6 rings (SSSR count). The molecule has 154 valence electrons. The summed E-state index contributed by atoms with van der Waals surface area (Å²) in [5, 5.41) is 7.28. The number of imidazole rings is 1. The molecule has 0 radical (unpaired) electrons. The van der Waals surface area contributed by atoms with Crippen LogP contribution in [0.5, 0.6) is 0 Å². The first-order chi connectivity index (χ1) is 15.7. The Morgan fingerprint density at radius 2 is 1.88 bits per heavy atom. The SMILES string of the molecule is Nc1cncc(-c2cnc3[nH]nc(-c4nc5c(-c6ccccn6)nccc5[nH]4)c3c2F)c1.